The summed E-state index contributed by atoms with van der Waals surface area (Å²) in [5.74, 6) is 1.05. The molecule has 0 aromatic rings. The van der Waals surface area contributed by atoms with Gasteiger partial charge < -0.3 is 10.2 Å². The van der Waals surface area contributed by atoms with Crippen molar-refractivity contribution in [2.45, 2.75) is 76.9 Å². The van der Waals surface area contributed by atoms with Crippen LogP contribution in [0.2, 0.25) is 0 Å². The van der Waals surface area contributed by atoms with Gasteiger partial charge in [0.05, 0.1) is 6.04 Å². The third-order valence-electron chi connectivity index (χ3n) is 4.84. The number of nitrogens with one attached hydrogen (secondary N) is 1. The Morgan fingerprint density at radius 2 is 1.95 bits per heavy atom. The molecule has 3 atom stereocenters. The van der Waals surface area contributed by atoms with E-state index in [4.69, 9.17) is 0 Å². The maximum Gasteiger partial charge on any atom is 0.240 e. The van der Waals surface area contributed by atoms with Gasteiger partial charge in [-0.2, -0.15) is 0 Å². The first-order valence-electron chi connectivity index (χ1n) is 8.12. The molecule has 20 heavy (non-hydrogen) atoms. The predicted octanol–water partition coefficient (Wildman–Crippen LogP) is 3.11. The lowest BCUT2D eigenvalue weighted by Gasteiger charge is -2.43. The highest BCUT2D eigenvalue weighted by Gasteiger charge is 2.37. The van der Waals surface area contributed by atoms with Crippen molar-refractivity contribution in [2.24, 2.45) is 5.92 Å². The van der Waals surface area contributed by atoms with Crippen LogP contribution in [-0.2, 0) is 4.79 Å². The third-order valence-corrected chi connectivity index (χ3v) is 4.84. The van der Waals surface area contributed by atoms with Crippen LogP contribution in [0, 0.1) is 5.92 Å². The number of fused-ring (bicyclic) bond motifs is 1. The maximum atomic E-state index is 12.8. The molecule has 114 valence electrons. The van der Waals surface area contributed by atoms with Crippen LogP contribution in [0.25, 0.3) is 0 Å². The maximum absolute atomic E-state index is 12.8. The Morgan fingerprint density at radius 1 is 1.25 bits per heavy atom. The zero-order chi connectivity index (χ0) is 14.8. The summed E-state index contributed by atoms with van der Waals surface area (Å²) in [5, 5.41) is 3.64. The predicted molar refractivity (Wildman–Crippen MR) is 83.6 cm³/mol. The van der Waals surface area contributed by atoms with Crippen LogP contribution in [0.15, 0.2) is 12.7 Å². The molecule has 0 aromatic heterocycles. The number of piperidine rings is 1. The number of carbonyl (C=O) groups excluding carboxylic acids is 1. The van der Waals surface area contributed by atoms with Gasteiger partial charge in [-0.3, -0.25) is 4.79 Å². The average molecular weight is 278 g/mol. The second-order valence-electron chi connectivity index (χ2n) is 7.36. The molecule has 1 aliphatic heterocycles. The van der Waals surface area contributed by atoms with Gasteiger partial charge in [0.2, 0.25) is 5.91 Å². The van der Waals surface area contributed by atoms with E-state index in [2.05, 4.69) is 32.7 Å². The van der Waals surface area contributed by atoms with Gasteiger partial charge in [-0.05, 0) is 52.4 Å². The molecular weight excluding hydrogens is 248 g/mol. The highest BCUT2D eigenvalue weighted by Crippen LogP contribution is 2.33. The molecule has 1 heterocycles. The van der Waals surface area contributed by atoms with Crippen LogP contribution in [0.5, 0.6) is 0 Å². The molecule has 2 fully saturated rings. The highest BCUT2D eigenvalue weighted by atomic mass is 16.2. The molecular formula is C17H30N2O. The fraction of sp³-hybridized carbons (Fsp3) is 0.824. The highest BCUT2D eigenvalue weighted by molar-refractivity contribution is 5.83. The van der Waals surface area contributed by atoms with Crippen LogP contribution >= 0.6 is 0 Å². The van der Waals surface area contributed by atoms with E-state index in [1.54, 1.807) is 0 Å². The third kappa shape index (κ3) is 3.43. The molecule has 0 radical (unpaired) electrons. The number of carbonyl (C=O) groups is 1. The SMILES string of the molecule is C=CCN(C(=O)C1CCC2CCCCC2N1)C(C)(C)C. The van der Waals surface area contributed by atoms with Crippen molar-refractivity contribution in [1.29, 1.82) is 0 Å². The number of amides is 1. The van der Waals surface area contributed by atoms with Crippen molar-refractivity contribution in [3.63, 3.8) is 0 Å². The molecule has 0 spiro atoms. The molecule has 1 amide bonds. The van der Waals surface area contributed by atoms with Gasteiger partial charge in [-0.15, -0.1) is 6.58 Å². The largest absolute Gasteiger partial charge is 0.333 e. The van der Waals surface area contributed by atoms with Crippen molar-refractivity contribution in [1.82, 2.24) is 10.2 Å². The lowest BCUT2D eigenvalue weighted by molar-refractivity contribution is -0.139. The summed E-state index contributed by atoms with van der Waals surface area (Å²) in [4.78, 5) is 14.8. The molecule has 1 N–H and O–H groups in total. The van der Waals surface area contributed by atoms with E-state index in [1.807, 2.05) is 11.0 Å². The Kier molecular flexibility index (Phi) is 4.90. The van der Waals surface area contributed by atoms with Gasteiger partial charge in [0.25, 0.3) is 0 Å². The van der Waals surface area contributed by atoms with Crippen LogP contribution in [-0.4, -0.2) is 35.0 Å². The second-order valence-corrected chi connectivity index (χ2v) is 7.36. The summed E-state index contributed by atoms with van der Waals surface area (Å²) in [6, 6.07) is 0.575. The summed E-state index contributed by atoms with van der Waals surface area (Å²) < 4.78 is 0. The summed E-state index contributed by atoms with van der Waals surface area (Å²) in [6.07, 6.45) is 9.29. The fourth-order valence-corrected chi connectivity index (χ4v) is 3.70. The summed E-state index contributed by atoms with van der Waals surface area (Å²) in [6.45, 7) is 10.7. The van der Waals surface area contributed by atoms with Crippen LogP contribution in [0.3, 0.4) is 0 Å². The minimum atomic E-state index is -0.142. The summed E-state index contributed by atoms with van der Waals surface area (Å²) >= 11 is 0. The zero-order valence-corrected chi connectivity index (χ0v) is 13.3. The average Bonchev–Trinajstić information content (AvgIpc) is 2.42. The van der Waals surface area contributed by atoms with E-state index in [9.17, 15) is 4.79 Å². The van der Waals surface area contributed by atoms with E-state index >= 15 is 0 Å². The Hall–Kier alpha value is -0.830. The molecule has 3 heteroatoms. The second kappa shape index (κ2) is 6.30. The number of hydrogen-bond donors (Lipinski definition) is 1. The van der Waals surface area contributed by atoms with Crippen LogP contribution < -0.4 is 5.32 Å². The molecule has 2 aliphatic rings. The van der Waals surface area contributed by atoms with Crippen molar-refractivity contribution >= 4 is 5.91 Å². The Balaban J connectivity index is 2.02. The lowest BCUT2D eigenvalue weighted by atomic mass is 9.77. The first-order valence-corrected chi connectivity index (χ1v) is 8.12. The van der Waals surface area contributed by atoms with Gasteiger partial charge in [-0.1, -0.05) is 18.9 Å². The summed E-state index contributed by atoms with van der Waals surface area (Å²) in [7, 11) is 0. The van der Waals surface area contributed by atoms with Crippen LogP contribution in [0.1, 0.15) is 59.3 Å². The molecule has 3 unspecified atom stereocenters. The van der Waals surface area contributed by atoms with Gasteiger partial charge in [0, 0.05) is 18.1 Å². The van der Waals surface area contributed by atoms with Crippen LogP contribution in [0.4, 0.5) is 0 Å². The molecule has 1 aliphatic carbocycles. The van der Waals surface area contributed by atoms with E-state index in [0.717, 1.165) is 12.3 Å². The lowest BCUT2D eigenvalue weighted by Crippen LogP contribution is -2.58. The van der Waals surface area contributed by atoms with Gasteiger partial charge in [0.15, 0.2) is 0 Å². The Bertz CT molecular complexity index is 358. The Labute approximate surface area is 123 Å². The fourth-order valence-electron chi connectivity index (χ4n) is 3.70. The van der Waals surface area contributed by atoms with E-state index < -0.39 is 0 Å². The molecule has 1 saturated carbocycles. The molecule has 1 saturated heterocycles. The zero-order valence-electron chi connectivity index (χ0n) is 13.3. The van der Waals surface area contributed by atoms with E-state index in [0.29, 0.717) is 12.6 Å². The molecule has 3 nitrogen and oxygen atoms in total. The summed E-state index contributed by atoms with van der Waals surface area (Å²) in [5.41, 5.74) is -0.142. The van der Waals surface area contributed by atoms with Gasteiger partial charge >= 0.3 is 0 Å². The monoisotopic (exact) mass is 278 g/mol. The normalized spacial score (nSPS) is 30.4. The minimum absolute atomic E-state index is 0.00789. The molecule has 2 rings (SSSR count). The first kappa shape index (κ1) is 15.6. The van der Waals surface area contributed by atoms with Crippen molar-refractivity contribution in [3.05, 3.63) is 12.7 Å². The minimum Gasteiger partial charge on any atom is -0.333 e. The quantitative estimate of drug-likeness (QED) is 0.805. The van der Waals surface area contributed by atoms with Gasteiger partial charge in [-0.25, -0.2) is 0 Å². The smallest absolute Gasteiger partial charge is 0.240 e. The number of hydrogen-bond acceptors (Lipinski definition) is 2. The van der Waals surface area contributed by atoms with Crippen molar-refractivity contribution < 1.29 is 4.79 Å². The standard InChI is InChI=1S/C17H30N2O/c1-5-12-19(17(2,3)4)16(20)15-11-10-13-8-6-7-9-14(13)18-15/h5,13-15,18H,1,6-12H2,2-4H3. The first-order chi connectivity index (χ1) is 9.43. The topological polar surface area (TPSA) is 32.3 Å². The van der Waals surface area contributed by atoms with E-state index in [-0.39, 0.29) is 17.5 Å². The molecule has 0 aromatic carbocycles. The Morgan fingerprint density at radius 3 is 2.60 bits per heavy atom. The van der Waals surface area contributed by atoms with Crippen molar-refractivity contribution in [3.8, 4) is 0 Å². The van der Waals surface area contributed by atoms with Crippen molar-refractivity contribution in [2.75, 3.05) is 6.54 Å². The number of nitrogens with zero attached hydrogens (tertiary/aromatic N) is 1. The molecule has 0 bridgehead atoms. The van der Waals surface area contributed by atoms with Gasteiger partial charge in [0.1, 0.15) is 0 Å². The van der Waals surface area contributed by atoms with E-state index in [1.165, 1.54) is 32.1 Å². The number of rotatable bonds is 3.